The summed E-state index contributed by atoms with van der Waals surface area (Å²) in [4.78, 5) is 0. The summed E-state index contributed by atoms with van der Waals surface area (Å²) in [6.07, 6.45) is 0.813. The lowest BCUT2D eigenvalue weighted by Crippen LogP contribution is -2.34. The highest BCUT2D eigenvalue weighted by atomic mass is 35.5. The van der Waals surface area contributed by atoms with Crippen LogP contribution in [-0.4, -0.2) is 22.9 Å². The average Bonchev–Trinajstić information content (AvgIpc) is 3.01. The monoisotopic (exact) mass is 329 g/mol. The zero-order chi connectivity index (χ0) is 15.5. The highest BCUT2D eigenvalue weighted by Crippen LogP contribution is 2.33. The minimum absolute atomic E-state index is 0.0902. The van der Waals surface area contributed by atoms with E-state index in [0.717, 1.165) is 28.3 Å². The van der Waals surface area contributed by atoms with Crippen LogP contribution in [-0.2, 0) is 0 Å². The van der Waals surface area contributed by atoms with E-state index >= 15 is 0 Å². The Balaban J connectivity index is 1.94. The van der Waals surface area contributed by atoms with E-state index in [1.165, 1.54) is 0 Å². The van der Waals surface area contributed by atoms with Crippen LogP contribution in [0.15, 0.2) is 59.7 Å². The van der Waals surface area contributed by atoms with Gasteiger partial charge < -0.3 is 5.32 Å². The zero-order valence-electron chi connectivity index (χ0n) is 12.2. The minimum atomic E-state index is 0.0902. The number of nitrogens with one attached hydrogen (secondary N) is 1. The molecule has 1 aliphatic heterocycles. The van der Waals surface area contributed by atoms with Gasteiger partial charge in [0, 0.05) is 18.5 Å². The van der Waals surface area contributed by atoms with E-state index in [1.54, 1.807) is 0 Å². The maximum Gasteiger partial charge on any atom is 0.189 e. The molecular weight excluding hydrogens is 314 g/mol. The van der Waals surface area contributed by atoms with Crippen LogP contribution in [0.3, 0.4) is 0 Å². The molecule has 112 valence electrons. The summed E-state index contributed by atoms with van der Waals surface area (Å²) < 4.78 is 0. The SMILES string of the molecule is CNC(=S)N1N=C(c2ccccc2)C[C@@H]1c1ccc(Cl)cc1. The standard InChI is InChI=1S/C17H16ClN3S/c1-19-17(22)21-16(13-7-9-14(18)10-8-13)11-15(20-21)12-5-3-2-4-6-12/h2-10,16H,11H2,1H3,(H,19,22)/t16-/m1/s1. The Hall–Kier alpha value is -1.91. The summed E-state index contributed by atoms with van der Waals surface area (Å²) >= 11 is 11.4. The molecule has 3 nitrogen and oxygen atoms in total. The van der Waals surface area contributed by atoms with Gasteiger partial charge in [-0.3, -0.25) is 0 Å². The Morgan fingerprint density at radius 3 is 2.50 bits per heavy atom. The largest absolute Gasteiger partial charge is 0.364 e. The van der Waals surface area contributed by atoms with Crippen LogP contribution in [0.25, 0.3) is 0 Å². The quantitative estimate of drug-likeness (QED) is 0.844. The molecule has 0 saturated heterocycles. The second kappa shape index (κ2) is 6.46. The number of rotatable bonds is 2. The van der Waals surface area contributed by atoms with Gasteiger partial charge in [0.2, 0.25) is 0 Å². The van der Waals surface area contributed by atoms with Gasteiger partial charge in [0.1, 0.15) is 0 Å². The van der Waals surface area contributed by atoms with E-state index in [0.29, 0.717) is 5.11 Å². The first-order valence-corrected chi connectivity index (χ1v) is 7.87. The van der Waals surface area contributed by atoms with Gasteiger partial charge in [0.05, 0.1) is 11.8 Å². The molecule has 2 aromatic carbocycles. The lowest BCUT2D eigenvalue weighted by Gasteiger charge is -2.23. The summed E-state index contributed by atoms with van der Waals surface area (Å²) in [5, 5.41) is 11.0. The molecule has 0 aliphatic carbocycles. The van der Waals surface area contributed by atoms with Crippen molar-refractivity contribution in [2.45, 2.75) is 12.5 Å². The normalized spacial score (nSPS) is 17.3. The number of nitrogens with zero attached hydrogens (tertiary/aromatic N) is 2. The van der Waals surface area contributed by atoms with Crippen LogP contribution in [0.1, 0.15) is 23.6 Å². The highest BCUT2D eigenvalue weighted by molar-refractivity contribution is 7.80. The fourth-order valence-electron chi connectivity index (χ4n) is 2.56. The molecule has 0 saturated carbocycles. The number of thiocarbonyl (C=S) groups is 1. The van der Waals surface area contributed by atoms with Crippen LogP contribution >= 0.6 is 23.8 Å². The molecule has 0 fully saturated rings. The first kappa shape index (κ1) is 15.0. The number of benzene rings is 2. The van der Waals surface area contributed by atoms with Crippen LogP contribution < -0.4 is 5.32 Å². The average molecular weight is 330 g/mol. The van der Waals surface area contributed by atoms with E-state index in [4.69, 9.17) is 28.9 Å². The van der Waals surface area contributed by atoms with E-state index in [9.17, 15) is 0 Å². The van der Waals surface area contributed by atoms with Crippen molar-refractivity contribution in [3.63, 3.8) is 0 Å². The number of hydrogen-bond donors (Lipinski definition) is 1. The van der Waals surface area contributed by atoms with Gasteiger partial charge in [0.25, 0.3) is 0 Å². The van der Waals surface area contributed by atoms with Crippen LogP contribution in [0.4, 0.5) is 0 Å². The molecule has 0 bridgehead atoms. The van der Waals surface area contributed by atoms with Crippen molar-refractivity contribution in [1.82, 2.24) is 10.3 Å². The lowest BCUT2D eigenvalue weighted by molar-refractivity contribution is 0.367. The van der Waals surface area contributed by atoms with E-state index in [2.05, 4.69) is 17.4 Å². The van der Waals surface area contributed by atoms with Gasteiger partial charge in [-0.1, -0.05) is 54.1 Å². The molecule has 1 atom stereocenters. The third-order valence-corrected chi connectivity index (χ3v) is 4.34. The molecule has 0 unspecified atom stereocenters. The molecule has 3 rings (SSSR count). The van der Waals surface area contributed by atoms with Crippen molar-refractivity contribution in [3.8, 4) is 0 Å². The number of halogens is 1. The smallest absolute Gasteiger partial charge is 0.189 e. The Labute approximate surface area is 140 Å². The van der Waals surface area contributed by atoms with Gasteiger partial charge in [0.15, 0.2) is 5.11 Å². The summed E-state index contributed by atoms with van der Waals surface area (Å²) in [7, 11) is 1.82. The Kier molecular flexibility index (Phi) is 4.41. The van der Waals surface area contributed by atoms with Crippen LogP contribution in [0, 0.1) is 0 Å². The predicted octanol–water partition coefficient (Wildman–Crippen LogP) is 4.00. The zero-order valence-corrected chi connectivity index (χ0v) is 13.7. The van der Waals surface area contributed by atoms with E-state index in [1.807, 2.05) is 54.5 Å². The van der Waals surface area contributed by atoms with Gasteiger partial charge in [-0.25, -0.2) is 5.01 Å². The Bertz CT molecular complexity index is 698. The molecule has 0 aromatic heterocycles. The lowest BCUT2D eigenvalue weighted by atomic mass is 9.99. The van der Waals surface area contributed by atoms with Gasteiger partial charge in [-0.05, 0) is 35.5 Å². The fourth-order valence-corrected chi connectivity index (χ4v) is 2.86. The van der Waals surface area contributed by atoms with Crippen LogP contribution in [0.5, 0.6) is 0 Å². The van der Waals surface area contributed by atoms with E-state index in [-0.39, 0.29) is 6.04 Å². The van der Waals surface area contributed by atoms with Crippen molar-refractivity contribution in [1.29, 1.82) is 0 Å². The molecular formula is C17H16ClN3S. The molecule has 5 heteroatoms. The topological polar surface area (TPSA) is 27.6 Å². The molecule has 1 aliphatic rings. The molecule has 0 amide bonds. The molecule has 0 radical (unpaired) electrons. The first-order chi connectivity index (χ1) is 10.7. The third kappa shape index (κ3) is 2.98. The molecule has 2 aromatic rings. The Morgan fingerprint density at radius 1 is 1.18 bits per heavy atom. The van der Waals surface area contributed by atoms with Crippen molar-refractivity contribution >= 4 is 34.6 Å². The molecule has 1 heterocycles. The summed E-state index contributed by atoms with van der Waals surface area (Å²) in [6.45, 7) is 0. The fraction of sp³-hybridized carbons (Fsp3) is 0.176. The van der Waals surface area contributed by atoms with Gasteiger partial charge >= 0.3 is 0 Å². The number of hydrazone groups is 1. The van der Waals surface area contributed by atoms with Gasteiger partial charge in [-0.15, -0.1) is 0 Å². The summed E-state index contributed by atoms with van der Waals surface area (Å²) in [5.41, 5.74) is 3.32. The summed E-state index contributed by atoms with van der Waals surface area (Å²) in [6, 6.07) is 18.1. The molecule has 22 heavy (non-hydrogen) atoms. The van der Waals surface area contributed by atoms with Crippen molar-refractivity contribution in [3.05, 3.63) is 70.7 Å². The van der Waals surface area contributed by atoms with Crippen molar-refractivity contribution in [2.24, 2.45) is 5.10 Å². The van der Waals surface area contributed by atoms with Crippen molar-refractivity contribution < 1.29 is 0 Å². The highest BCUT2D eigenvalue weighted by Gasteiger charge is 2.30. The summed E-state index contributed by atoms with van der Waals surface area (Å²) in [5.74, 6) is 0. The first-order valence-electron chi connectivity index (χ1n) is 7.08. The maximum atomic E-state index is 5.99. The second-order valence-corrected chi connectivity index (χ2v) is 5.91. The number of hydrogen-bond acceptors (Lipinski definition) is 2. The predicted molar refractivity (Wildman–Crippen MR) is 95.3 cm³/mol. The molecule has 0 spiro atoms. The van der Waals surface area contributed by atoms with Crippen LogP contribution in [0.2, 0.25) is 5.02 Å². The third-order valence-electron chi connectivity index (χ3n) is 3.69. The van der Waals surface area contributed by atoms with E-state index < -0.39 is 0 Å². The van der Waals surface area contributed by atoms with Crippen molar-refractivity contribution in [2.75, 3.05) is 7.05 Å². The molecule has 1 N–H and O–H groups in total. The maximum absolute atomic E-state index is 5.99. The van der Waals surface area contributed by atoms with Gasteiger partial charge in [-0.2, -0.15) is 5.10 Å². The Morgan fingerprint density at radius 2 is 1.86 bits per heavy atom. The minimum Gasteiger partial charge on any atom is -0.364 e. The second-order valence-electron chi connectivity index (χ2n) is 5.08.